The standard InChI is InChI=1S/C22H32O4/c1-12(2)22(25)11-20(26-15(5)23)21(6)10-17-14(4)18(24)9-16(17)13(3)7-8-19(21)22/h7,12,16,19-20,25H,8-11H2,1-6H3/t16-,19-,20-,21-,22+/m0/s1. The Morgan fingerprint density at radius 2 is 2.00 bits per heavy atom. The fraction of sp³-hybridized carbons (Fsp3) is 0.727. The van der Waals surface area contributed by atoms with Gasteiger partial charge in [-0.3, -0.25) is 9.59 Å². The number of hydrogen-bond acceptors (Lipinski definition) is 4. The van der Waals surface area contributed by atoms with Gasteiger partial charge in [-0.1, -0.05) is 38.0 Å². The summed E-state index contributed by atoms with van der Waals surface area (Å²) in [7, 11) is 0. The van der Waals surface area contributed by atoms with E-state index in [0.29, 0.717) is 19.3 Å². The fourth-order valence-electron chi connectivity index (χ4n) is 5.64. The number of Topliss-reactive ketones (excluding diaryl/α,β-unsaturated/α-hetero) is 1. The van der Waals surface area contributed by atoms with Crippen molar-refractivity contribution < 1.29 is 19.4 Å². The summed E-state index contributed by atoms with van der Waals surface area (Å²) < 4.78 is 5.74. The van der Waals surface area contributed by atoms with Crippen molar-refractivity contribution in [3.05, 3.63) is 22.8 Å². The highest BCUT2D eigenvalue weighted by Crippen LogP contribution is 2.60. The number of carbonyl (C=O) groups excluding carboxylic acids is 2. The molecule has 0 amide bonds. The Labute approximate surface area is 156 Å². The molecule has 3 aliphatic carbocycles. The molecule has 0 aromatic heterocycles. The molecule has 0 spiro atoms. The topological polar surface area (TPSA) is 63.6 Å². The Morgan fingerprint density at radius 1 is 1.35 bits per heavy atom. The van der Waals surface area contributed by atoms with E-state index >= 15 is 0 Å². The molecule has 1 fully saturated rings. The second-order valence-electron chi connectivity index (χ2n) is 9.20. The lowest BCUT2D eigenvalue weighted by atomic mass is 9.64. The van der Waals surface area contributed by atoms with Gasteiger partial charge in [-0.25, -0.2) is 0 Å². The second-order valence-corrected chi connectivity index (χ2v) is 9.20. The minimum atomic E-state index is -0.879. The van der Waals surface area contributed by atoms with Crippen molar-refractivity contribution in [3.8, 4) is 0 Å². The van der Waals surface area contributed by atoms with Crippen LogP contribution < -0.4 is 0 Å². The smallest absolute Gasteiger partial charge is 0.302 e. The van der Waals surface area contributed by atoms with Crippen molar-refractivity contribution in [1.29, 1.82) is 0 Å². The first-order chi connectivity index (χ1) is 12.0. The van der Waals surface area contributed by atoms with E-state index in [9.17, 15) is 14.7 Å². The molecule has 5 atom stereocenters. The highest BCUT2D eigenvalue weighted by atomic mass is 16.5. The van der Waals surface area contributed by atoms with Crippen LogP contribution in [-0.4, -0.2) is 28.6 Å². The Kier molecular flexibility index (Phi) is 4.71. The van der Waals surface area contributed by atoms with Crippen molar-refractivity contribution in [3.63, 3.8) is 0 Å². The molecule has 3 rings (SSSR count). The van der Waals surface area contributed by atoms with E-state index in [4.69, 9.17) is 4.74 Å². The molecular weight excluding hydrogens is 328 g/mol. The second kappa shape index (κ2) is 6.33. The molecule has 0 aromatic carbocycles. The monoisotopic (exact) mass is 360 g/mol. The van der Waals surface area contributed by atoms with Crippen molar-refractivity contribution in [2.75, 3.05) is 0 Å². The first-order valence-electron chi connectivity index (χ1n) is 9.79. The van der Waals surface area contributed by atoms with Gasteiger partial charge in [-0.05, 0) is 38.2 Å². The molecule has 0 heterocycles. The molecule has 0 radical (unpaired) electrons. The van der Waals surface area contributed by atoms with Crippen LogP contribution in [0, 0.1) is 23.2 Å². The predicted molar refractivity (Wildman–Crippen MR) is 100 cm³/mol. The number of hydrogen-bond donors (Lipinski definition) is 1. The Hall–Kier alpha value is -1.42. The van der Waals surface area contributed by atoms with Crippen LogP contribution in [0.15, 0.2) is 22.8 Å². The first-order valence-corrected chi connectivity index (χ1v) is 9.79. The Bertz CT molecular complexity index is 701. The molecule has 0 aromatic rings. The summed E-state index contributed by atoms with van der Waals surface area (Å²) in [5.41, 5.74) is 2.03. The van der Waals surface area contributed by atoms with Gasteiger partial charge in [0, 0.05) is 37.0 Å². The zero-order chi connectivity index (χ0) is 19.4. The summed E-state index contributed by atoms with van der Waals surface area (Å²) in [5.74, 6) is 0.149. The van der Waals surface area contributed by atoms with Gasteiger partial charge >= 0.3 is 5.97 Å². The average Bonchev–Trinajstić information content (AvgIpc) is 2.91. The van der Waals surface area contributed by atoms with Crippen LogP contribution >= 0.6 is 0 Å². The van der Waals surface area contributed by atoms with Gasteiger partial charge in [-0.15, -0.1) is 0 Å². The highest BCUT2D eigenvalue weighted by Gasteiger charge is 2.62. The van der Waals surface area contributed by atoms with Gasteiger partial charge in [0.2, 0.25) is 0 Å². The molecule has 4 nitrogen and oxygen atoms in total. The SMILES string of the molecule is CC(=O)O[C@H]1C[C@@](O)(C(C)C)[C@H]2CC=C(C)[C@@H]3CC(=O)C(C)=C3C[C@]12C. The molecule has 4 heteroatoms. The summed E-state index contributed by atoms with van der Waals surface area (Å²) in [6, 6.07) is 0. The molecule has 1 saturated carbocycles. The molecule has 0 unspecified atom stereocenters. The number of rotatable bonds is 2. The minimum absolute atomic E-state index is 0.00810. The van der Waals surface area contributed by atoms with E-state index in [0.717, 1.165) is 12.0 Å². The van der Waals surface area contributed by atoms with Crippen LogP contribution in [0.25, 0.3) is 0 Å². The van der Waals surface area contributed by atoms with Crippen LogP contribution in [0.1, 0.15) is 67.2 Å². The molecule has 26 heavy (non-hydrogen) atoms. The van der Waals surface area contributed by atoms with E-state index in [1.807, 2.05) is 20.8 Å². The summed E-state index contributed by atoms with van der Waals surface area (Å²) in [6.07, 6.45) is 4.35. The van der Waals surface area contributed by atoms with E-state index in [1.54, 1.807) is 0 Å². The fourth-order valence-corrected chi connectivity index (χ4v) is 5.64. The van der Waals surface area contributed by atoms with Gasteiger partial charge in [-0.2, -0.15) is 0 Å². The molecule has 0 bridgehead atoms. The number of esters is 1. The number of ether oxygens (including phenoxy) is 1. The molecule has 1 N–H and O–H groups in total. The van der Waals surface area contributed by atoms with E-state index in [2.05, 4.69) is 19.9 Å². The summed E-state index contributed by atoms with van der Waals surface area (Å²) in [6.45, 7) is 11.7. The minimum Gasteiger partial charge on any atom is -0.462 e. The molecule has 0 aliphatic heterocycles. The summed E-state index contributed by atoms with van der Waals surface area (Å²) >= 11 is 0. The summed E-state index contributed by atoms with van der Waals surface area (Å²) in [5, 5.41) is 11.6. The van der Waals surface area contributed by atoms with E-state index in [-0.39, 0.29) is 41.0 Å². The van der Waals surface area contributed by atoms with Gasteiger partial charge in [0.25, 0.3) is 0 Å². The number of fused-ring (bicyclic) bond motifs is 2. The van der Waals surface area contributed by atoms with Gasteiger partial charge in [0.15, 0.2) is 5.78 Å². The maximum absolute atomic E-state index is 12.4. The van der Waals surface area contributed by atoms with Crippen LogP contribution in [0.2, 0.25) is 0 Å². The van der Waals surface area contributed by atoms with Crippen LogP contribution in [0.3, 0.4) is 0 Å². The lowest BCUT2D eigenvalue weighted by Crippen LogP contribution is -2.44. The maximum Gasteiger partial charge on any atom is 0.302 e. The van der Waals surface area contributed by atoms with Crippen LogP contribution in [-0.2, 0) is 14.3 Å². The number of ketones is 1. The third kappa shape index (κ3) is 2.77. The third-order valence-corrected chi connectivity index (χ3v) is 7.46. The van der Waals surface area contributed by atoms with E-state index in [1.165, 1.54) is 18.1 Å². The molecule has 3 aliphatic rings. The van der Waals surface area contributed by atoms with E-state index < -0.39 is 5.60 Å². The number of carbonyl (C=O) groups is 2. The predicted octanol–water partition coefficient (Wildman–Crippen LogP) is 3.98. The normalized spacial score (nSPS) is 40.1. The zero-order valence-corrected chi connectivity index (χ0v) is 16.9. The zero-order valence-electron chi connectivity index (χ0n) is 16.9. The van der Waals surface area contributed by atoms with Crippen molar-refractivity contribution in [2.45, 2.75) is 78.9 Å². The largest absolute Gasteiger partial charge is 0.462 e. The first kappa shape index (κ1) is 19.3. The lowest BCUT2D eigenvalue weighted by Gasteiger charge is -2.43. The van der Waals surface area contributed by atoms with Crippen molar-refractivity contribution in [2.24, 2.45) is 23.2 Å². The van der Waals surface area contributed by atoms with Gasteiger partial charge in [0.05, 0.1) is 5.60 Å². The molecular formula is C22H32O4. The van der Waals surface area contributed by atoms with Crippen LogP contribution in [0.4, 0.5) is 0 Å². The Morgan fingerprint density at radius 3 is 2.58 bits per heavy atom. The number of aliphatic hydroxyl groups is 1. The molecule has 144 valence electrons. The Balaban J connectivity index is 2.13. The van der Waals surface area contributed by atoms with Crippen molar-refractivity contribution >= 4 is 11.8 Å². The van der Waals surface area contributed by atoms with Crippen LogP contribution in [0.5, 0.6) is 0 Å². The van der Waals surface area contributed by atoms with Gasteiger partial charge < -0.3 is 9.84 Å². The highest BCUT2D eigenvalue weighted by molar-refractivity contribution is 5.99. The third-order valence-electron chi connectivity index (χ3n) is 7.46. The average molecular weight is 360 g/mol. The van der Waals surface area contributed by atoms with Crippen molar-refractivity contribution in [1.82, 2.24) is 0 Å². The quantitative estimate of drug-likeness (QED) is 0.598. The van der Waals surface area contributed by atoms with Gasteiger partial charge in [0.1, 0.15) is 6.10 Å². The number of allylic oxidation sites excluding steroid dienone is 4. The maximum atomic E-state index is 12.4. The summed E-state index contributed by atoms with van der Waals surface area (Å²) in [4.78, 5) is 24.1. The lowest BCUT2D eigenvalue weighted by molar-refractivity contribution is -0.152. The molecule has 0 saturated heterocycles.